The molecule has 0 radical (unpaired) electrons. The van der Waals surface area contributed by atoms with Gasteiger partial charge in [-0.1, -0.05) is 0 Å². The van der Waals surface area contributed by atoms with Gasteiger partial charge in [0.15, 0.2) is 0 Å². The highest BCUT2D eigenvalue weighted by molar-refractivity contribution is 5.94. The van der Waals surface area contributed by atoms with E-state index in [1.807, 2.05) is 12.1 Å². The van der Waals surface area contributed by atoms with E-state index in [9.17, 15) is 4.79 Å². The Morgan fingerprint density at radius 1 is 1.29 bits per heavy atom. The normalized spacial score (nSPS) is 17.5. The van der Waals surface area contributed by atoms with Crippen molar-refractivity contribution in [3.8, 4) is 11.5 Å². The Morgan fingerprint density at radius 3 is 2.83 bits per heavy atom. The maximum Gasteiger partial charge on any atom is 0.254 e. The van der Waals surface area contributed by atoms with Crippen LogP contribution in [0.25, 0.3) is 0 Å². The number of benzene rings is 1. The van der Waals surface area contributed by atoms with Crippen LogP contribution in [0.2, 0.25) is 0 Å². The van der Waals surface area contributed by atoms with Gasteiger partial charge < -0.3 is 19.1 Å². The summed E-state index contributed by atoms with van der Waals surface area (Å²) in [6.07, 6.45) is 3.26. The van der Waals surface area contributed by atoms with Gasteiger partial charge in [0.05, 0.1) is 25.5 Å². The number of morpholine rings is 1. The van der Waals surface area contributed by atoms with E-state index in [-0.39, 0.29) is 12.0 Å². The predicted octanol–water partition coefficient (Wildman–Crippen LogP) is 2.36. The molecule has 2 aromatic rings. The van der Waals surface area contributed by atoms with E-state index in [0.717, 1.165) is 0 Å². The minimum Gasteiger partial charge on any atom is -0.456 e. The summed E-state index contributed by atoms with van der Waals surface area (Å²) in [6.45, 7) is 2.15. The van der Waals surface area contributed by atoms with Gasteiger partial charge in [0.1, 0.15) is 11.5 Å². The number of carbonyl (C=O) groups excluding carboxylic acids is 1. The molecule has 6 nitrogen and oxygen atoms in total. The van der Waals surface area contributed by atoms with Crippen LogP contribution in [0, 0.1) is 0 Å². The number of nitrogens with zero attached hydrogens (tertiary/aromatic N) is 2. The molecule has 1 amide bonds. The van der Waals surface area contributed by atoms with Crippen molar-refractivity contribution in [2.24, 2.45) is 0 Å². The summed E-state index contributed by atoms with van der Waals surface area (Å²) >= 11 is 0. The summed E-state index contributed by atoms with van der Waals surface area (Å²) < 4.78 is 16.4. The lowest BCUT2D eigenvalue weighted by molar-refractivity contribution is -0.0531. The van der Waals surface area contributed by atoms with Crippen LogP contribution in [0.3, 0.4) is 0 Å². The van der Waals surface area contributed by atoms with E-state index in [0.29, 0.717) is 43.4 Å². The zero-order chi connectivity index (χ0) is 16.8. The van der Waals surface area contributed by atoms with Gasteiger partial charge in [-0.25, -0.2) is 0 Å². The summed E-state index contributed by atoms with van der Waals surface area (Å²) in [6, 6.07) is 10.8. The van der Waals surface area contributed by atoms with Gasteiger partial charge in [-0.05, 0) is 36.4 Å². The van der Waals surface area contributed by atoms with Crippen molar-refractivity contribution in [3.63, 3.8) is 0 Å². The number of rotatable bonds is 5. The Morgan fingerprint density at radius 2 is 2.12 bits per heavy atom. The monoisotopic (exact) mass is 328 g/mol. The number of aromatic nitrogens is 1. The highest BCUT2D eigenvalue weighted by atomic mass is 16.5. The molecule has 0 bridgehead atoms. The van der Waals surface area contributed by atoms with Gasteiger partial charge in [0.25, 0.3) is 5.91 Å². The Hall–Kier alpha value is -2.44. The number of methoxy groups -OCH3 is 1. The second kappa shape index (κ2) is 7.90. The molecule has 126 valence electrons. The van der Waals surface area contributed by atoms with Crippen LogP contribution in [0.4, 0.5) is 0 Å². The quantitative estimate of drug-likeness (QED) is 0.843. The van der Waals surface area contributed by atoms with Crippen molar-refractivity contribution in [1.82, 2.24) is 9.88 Å². The molecule has 2 heterocycles. The fourth-order valence-corrected chi connectivity index (χ4v) is 2.58. The predicted molar refractivity (Wildman–Crippen MR) is 88.3 cm³/mol. The fourth-order valence-electron chi connectivity index (χ4n) is 2.58. The first kappa shape index (κ1) is 16.4. The lowest BCUT2D eigenvalue weighted by Gasteiger charge is -2.32. The van der Waals surface area contributed by atoms with Crippen LogP contribution in [-0.2, 0) is 9.47 Å². The first-order valence-electron chi connectivity index (χ1n) is 7.84. The van der Waals surface area contributed by atoms with Crippen LogP contribution >= 0.6 is 0 Å². The summed E-state index contributed by atoms with van der Waals surface area (Å²) in [7, 11) is 1.63. The fraction of sp³-hybridized carbons (Fsp3) is 0.333. The third-order valence-corrected chi connectivity index (χ3v) is 3.75. The van der Waals surface area contributed by atoms with Gasteiger partial charge in [-0.15, -0.1) is 0 Å². The molecule has 0 unspecified atom stereocenters. The second-order valence-corrected chi connectivity index (χ2v) is 5.51. The van der Waals surface area contributed by atoms with Crippen LogP contribution in [0.1, 0.15) is 10.4 Å². The first-order chi connectivity index (χ1) is 11.8. The molecule has 6 heteroatoms. The lowest BCUT2D eigenvalue weighted by atomic mass is 10.1. The van der Waals surface area contributed by atoms with E-state index < -0.39 is 0 Å². The van der Waals surface area contributed by atoms with E-state index in [2.05, 4.69) is 4.98 Å². The molecule has 1 saturated heterocycles. The first-order valence-corrected chi connectivity index (χ1v) is 7.84. The van der Waals surface area contributed by atoms with E-state index >= 15 is 0 Å². The molecule has 0 N–H and O–H groups in total. The van der Waals surface area contributed by atoms with Crippen LogP contribution in [-0.4, -0.2) is 55.3 Å². The Kier molecular flexibility index (Phi) is 5.40. The molecule has 1 fully saturated rings. The van der Waals surface area contributed by atoms with Crippen molar-refractivity contribution in [3.05, 3.63) is 54.4 Å². The van der Waals surface area contributed by atoms with E-state index in [4.69, 9.17) is 14.2 Å². The Bertz CT molecular complexity index is 658. The number of ether oxygens (including phenoxy) is 3. The maximum atomic E-state index is 12.6. The van der Waals surface area contributed by atoms with Crippen molar-refractivity contribution in [1.29, 1.82) is 0 Å². The lowest BCUT2D eigenvalue weighted by Crippen LogP contribution is -2.47. The molecule has 0 spiro atoms. The summed E-state index contributed by atoms with van der Waals surface area (Å²) in [4.78, 5) is 18.4. The van der Waals surface area contributed by atoms with Crippen molar-refractivity contribution >= 4 is 5.91 Å². The van der Waals surface area contributed by atoms with Crippen LogP contribution in [0.15, 0.2) is 48.8 Å². The SMILES string of the molecule is COC[C@H]1CN(C(=O)c2ccc(Oc3cccnc3)cc2)CCO1. The number of amides is 1. The van der Waals surface area contributed by atoms with Gasteiger partial charge in [-0.2, -0.15) is 0 Å². The standard InChI is InChI=1S/C18H20N2O4/c1-22-13-17-12-20(9-10-23-17)18(21)14-4-6-15(7-5-14)24-16-3-2-8-19-11-16/h2-8,11,17H,9-10,12-13H2,1H3/t17-/m1/s1. The minimum atomic E-state index is -0.0686. The topological polar surface area (TPSA) is 60.9 Å². The largest absolute Gasteiger partial charge is 0.456 e. The molecular formula is C18H20N2O4. The number of pyridine rings is 1. The zero-order valence-electron chi connectivity index (χ0n) is 13.6. The van der Waals surface area contributed by atoms with Gasteiger partial charge in [0.2, 0.25) is 0 Å². The van der Waals surface area contributed by atoms with E-state index in [1.165, 1.54) is 0 Å². The molecule has 1 aromatic heterocycles. The van der Waals surface area contributed by atoms with Crippen molar-refractivity contribution < 1.29 is 19.0 Å². The Labute approximate surface area is 141 Å². The van der Waals surface area contributed by atoms with Crippen LogP contribution < -0.4 is 4.74 Å². The molecule has 1 aliphatic heterocycles. The van der Waals surface area contributed by atoms with Gasteiger partial charge >= 0.3 is 0 Å². The smallest absolute Gasteiger partial charge is 0.254 e. The molecule has 0 aliphatic carbocycles. The number of hydrogen-bond acceptors (Lipinski definition) is 5. The number of carbonyl (C=O) groups is 1. The van der Waals surface area contributed by atoms with Gasteiger partial charge in [-0.3, -0.25) is 9.78 Å². The third kappa shape index (κ3) is 4.10. The molecular weight excluding hydrogens is 308 g/mol. The average Bonchev–Trinajstić information content (AvgIpc) is 2.63. The van der Waals surface area contributed by atoms with Crippen LogP contribution in [0.5, 0.6) is 11.5 Å². The molecule has 0 saturated carbocycles. The maximum absolute atomic E-state index is 12.6. The molecule has 3 rings (SSSR count). The zero-order valence-corrected chi connectivity index (χ0v) is 13.6. The molecule has 1 aliphatic rings. The summed E-state index contributed by atoms with van der Waals surface area (Å²) in [5, 5.41) is 0. The van der Waals surface area contributed by atoms with Gasteiger partial charge in [0, 0.05) is 32.0 Å². The third-order valence-electron chi connectivity index (χ3n) is 3.75. The highest BCUT2D eigenvalue weighted by Crippen LogP contribution is 2.21. The molecule has 1 atom stereocenters. The van der Waals surface area contributed by atoms with Crippen molar-refractivity contribution in [2.75, 3.05) is 33.4 Å². The highest BCUT2D eigenvalue weighted by Gasteiger charge is 2.24. The number of hydrogen-bond donors (Lipinski definition) is 0. The minimum absolute atomic E-state index is 0.00710. The summed E-state index contributed by atoms with van der Waals surface area (Å²) in [5.74, 6) is 1.32. The molecule has 1 aromatic carbocycles. The van der Waals surface area contributed by atoms with E-state index in [1.54, 1.807) is 48.7 Å². The second-order valence-electron chi connectivity index (χ2n) is 5.51. The molecule has 24 heavy (non-hydrogen) atoms. The summed E-state index contributed by atoms with van der Waals surface area (Å²) in [5.41, 5.74) is 0.631. The Balaban J connectivity index is 1.63. The average molecular weight is 328 g/mol. The van der Waals surface area contributed by atoms with Crippen molar-refractivity contribution in [2.45, 2.75) is 6.10 Å².